The summed E-state index contributed by atoms with van der Waals surface area (Å²) in [6, 6.07) is 1.06. The third-order valence-corrected chi connectivity index (χ3v) is 6.54. The van der Waals surface area contributed by atoms with E-state index < -0.39 is 28.6 Å². The molecule has 2 aliphatic heterocycles. The number of carbonyl (C=O) groups is 1. The predicted octanol–water partition coefficient (Wildman–Crippen LogP) is 2.79. The topological polar surface area (TPSA) is 74.6 Å². The van der Waals surface area contributed by atoms with Gasteiger partial charge >= 0.3 is 5.97 Å². The smallest absolute Gasteiger partial charge is 0.342 e. The normalized spacial score (nSPS) is 21.9. The predicted molar refractivity (Wildman–Crippen MR) is 99.9 cm³/mol. The van der Waals surface area contributed by atoms with Crippen LogP contribution < -0.4 is 15.6 Å². The summed E-state index contributed by atoms with van der Waals surface area (Å²) in [5, 5.41) is 12.5. The first-order valence-corrected chi connectivity index (χ1v) is 9.71. The highest BCUT2D eigenvalue weighted by Gasteiger charge is 2.37. The van der Waals surface area contributed by atoms with Crippen molar-refractivity contribution in [1.82, 2.24) is 9.88 Å². The van der Waals surface area contributed by atoms with Crippen molar-refractivity contribution in [3.8, 4) is 0 Å². The van der Waals surface area contributed by atoms with Gasteiger partial charge < -0.3 is 19.9 Å². The van der Waals surface area contributed by atoms with Gasteiger partial charge in [-0.15, -0.1) is 0 Å². The molecule has 2 unspecified atom stereocenters. The van der Waals surface area contributed by atoms with Gasteiger partial charge in [-0.05, 0) is 19.4 Å². The molecule has 2 aromatic rings. The highest BCUT2D eigenvalue weighted by Crippen LogP contribution is 2.49. The molecule has 0 aliphatic carbocycles. The standard InChI is InChI=1S/C18H19F2N3O3S/c1-3-11-23-14-9(16(24)12(18(25)26)17(23)27-11)6-10(19)15(13(14)20)22-5-4-21-8(2)7-22/h6,8,11,21H,3-5,7H2,1-2H3,(H,25,26). The fraction of sp³-hybridized carbons (Fsp3) is 0.444. The number of hydrogen-bond donors (Lipinski definition) is 2. The van der Waals surface area contributed by atoms with Crippen molar-refractivity contribution < 1.29 is 18.7 Å². The highest BCUT2D eigenvalue weighted by molar-refractivity contribution is 8.00. The summed E-state index contributed by atoms with van der Waals surface area (Å²) >= 11 is 1.24. The van der Waals surface area contributed by atoms with Gasteiger partial charge in [0.2, 0.25) is 5.43 Å². The lowest BCUT2D eigenvalue weighted by Gasteiger charge is -2.37. The first-order chi connectivity index (χ1) is 12.8. The van der Waals surface area contributed by atoms with Gasteiger partial charge in [-0.25, -0.2) is 13.6 Å². The number of carboxylic acid groups (broad SMARTS) is 1. The summed E-state index contributed by atoms with van der Waals surface area (Å²) < 4.78 is 31.9. The van der Waals surface area contributed by atoms with Crippen LogP contribution in [0.2, 0.25) is 0 Å². The van der Waals surface area contributed by atoms with Crippen molar-refractivity contribution in [2.75, 3.05) is 24.5 Å². The summed E-state index contributed by atoms with van der Waals surface area (Å²) in [4.78, 5) is 25.8. The molecule has 0 bridgehead atoms. The van der Waals surface area contributed by atoms with E-state index in [0.717, 1.165) is 6.07 Å². The maximum Gasteiger partial charge on any atom is 0.342 e. The number of thioether (sulfide) groups is 1. The number of aromatic nitrogens is 1. The average Bonchev–Trinajstić information content (AvgIpc) is 2.58. The van der Waals surface area contributed by atoms with Gasteiger partial charge in [-0.1, -0.05) is 18.7 Å². The third-order valence-electron chi connectivity index (χ3n) is 5.10. The van der Waals surface area contributed by atoms with E-state index in [-0.39, 0.29) is 33.0 Å². The molecule has 4 rings (SSSR count). The molecule has 2 atom stereocenters. The van der Waals surface area contributed by atoms with Gasteiger partial charge in [0.25, 0.3) is 0 Å². The van der Waals surface area contributed by atoms with E-state index >= 15 is 4.39 Å². The Bertz CT molecular complexity index is 1020. The molecule has 1 saturated heterocycles. The van der Waals surface area contributed by atoms with Gasteiger partial charge in [-0.2, -0.15) is 0 Å². The fourth-order valence-corrected chi connectivity index (χ4v) is 5.07. The molecule has 2 aliphatic rings. The zero-order valence-electron chi connectivity index (χ0n) is 14.9. The Morgan fingerprint density at radius 1 is 1.44 bits per heavy atom. The van der Waals surface area contributed by atoms with Gasteiger partial charge in [-0.3, -0.25) is 4.79 Å². The largest absolute Gasteiger partial charge is 0.477 e. The average molecular weight is 395 g/mol. The molecule has 0 spiro atoms. The van der Waals surface area contributed by atoms with E-state index in [1.165, 1.54) is 16.3 Å². The van der Waals surface area contributed by atoms with Crippen LogP contribution in [0.25, 0.3) is 10.9 Å². The minimum atomic E-state index is -1.38. The summed E-state index contributed by atoms with van der Waals surface area (Å²) in [6.45, 7) is 5.31. The zero-order chi connectivity index (χ0) is 19.5. The molecule has 144 valence electrons. The van der Waals surface area contributed by atoms with Crippen LogP contribution in [0.4, 0.5) is 14.5 Å². The number of halogens is 2. The molecule has 1 aromatic carbocycles. The highest BCUT2D eigenvalue weighted by atomic mass is 32.2. The first kappa shape index (κ1) is 18.2. The van der Waals surface area contributed by atoms with Crippen LogP contribution in [0.3, 0.4) is 0 Å². The Morgan fingerprint density at radius 2 is 2.19 bits per heavy atom. The second kappa shape index (κ2) is 6.49. The third kappa shape index (κ3) is 2.63. The minimum absolute atomic E-state index is 0.00631. The number of nitrogens with one attached hydrogen (secondary N) is 1. The van der Waals surface area contributed by atoms with Crippen LogP contribution in [0, 0.1) is 11.6 Å². The molecular formula is C18H19F2N3O3S. The molecule has 0 saturated carbocycles. The molecule has 1 aromatic heterocycles. The Balaban J connectivity index is 2.03. The lowest BCUT2D eigenvalue weighted by atomic mass is 10.1. The second-order valence-electron chi connectivity index (χ2n) is 6.88. The molecule has 0 radical (unpaired) electrons. The number of carboxylic acids is 1. The van der Waals surface area contributed by atoms with Gasteiger partial charge in [0.1, 0.15) is 17.1 Å². The Labute approximate surface area is 158 Å². The number of nitrogens with zero attached hydrogens (tertiary/aromatic N) is 2. The van der Waals surface area contributed by atoms with E-state index in [1.54, 1.807) is 4.90 Å². The second-order valence-corrected chi connectivity index (χ2v) is 8.05. The maximum atomic E-state index is 15.5. The van der Waals surface area contributed by atoms with Crippen molar-refractivity contribution >= 4 is 34.3 Å². The molecule has 27 heavy (non-hydrogen) atoms. The Morgan fingerprint density at radius 3 is 2.81 bits per heavy atom. The van der Waals surface area contributed by atoms with Crippen molar-refractivity contribution in [3.63, 3.8) is 0 Å². The summed E-state index contributed by atoms with van der Waals surface area (Å²) in [5.74, 6) is -3.02. The van der Waals surface area contributed by atoms with E-state index in [2.05, 4.69) is 5.32 Å². The first-order valence-electron chi connectivity index (χ1n) is 8.83. The molecular weight excluding hydrogens is 376 g/mol. The van der Waals surface area contributed by atoms with Crippen LogP contribution in [-0.2, 0) is 0 Å². The van der Waals surface area contributed by atoms with Crippen LogP contribution >= 0.6 is 11.8 Å². The van der Waals surface area contributed by atoms with Gasteiger partial charge in [0.05, 0.1) is 21.3 Å². The molecule has 3 heterocycles. The van der Waals surface area contributed by atoms with E-state index in [4.69, 9.17) is 0 Å². The lowest BCUT2D eigenvalue weighted by molar-refractivity contribution is 0.0689. The van der Waals surface area contributed by atoms with Gasteiger partial charge in [0, 0.05) is 25.7 Å². The number of pyridine rings is 1. The number of hydrogen-bond acceptors (Lipinski definition) is 5. The molecule has 9 heteroatoms. The Kier molecular flexibility index (Phi) is 4.38. The molecule has 0 amide bonds. The maximum absolute atomic E-state index is 15.5. The van der Waals surface area contributed by atoms with Crippen LogP contribution in [0.5, 0.6) is 0 Å². The number of piperazine rings is 1. The fourth-order valence-electron chi connectivity index (χ4n) is 3.86. The monoisotopic (exact) mass is 395 g/mol. The number of fused-ring (bicyclic) bond motifs is 3. The summed E-state index contributed by atoms with van der Waals surface area (Å²) in [5.41, 5.74) is -1.42. The number of rotatable bonds is 3. The summed E-state index contributed by atoms with van der Waals surface area (Å²) in [6.07, 6.45) is 0.630. The molecule has 6 nitrogen and oxygen atoms in total. The quantitative estimate of drug-likeness (QED) is 0.833. The van der Waals surface area contributed by atoms with Crippen molar-refractivity contribution in [2.45, 2.75) is 36.7 Å². The Hall–Kier alpha value is -2.13. The van der Waals surface area contributed by atoms with E-state index in [0.29, 0.717) is 26.1 Å². The lowest BCUT2D eigenvalue weighted by Crippen LogP contribution is -2.50. The van der Waals surface area contributed by atoms with E-state index in [1.807, 2.05) is 13.8 Å². The van der Waals surface area contributed by atoms with Crippen molar-refractivity contribution in [1.29, 1.82) is 0 Å². The van der Waals surface area contributed by atoms with Crippen molar-refractivity contribution in [3.05, 3.63) is 33.5 Å². The van der Waals surface area contributed by atoms with Crippen LogP contribution in [0.15, 0.2) is 15.9 Å². The van der Waals surface area contributed by atoms with Crippen LogP contribution in [0.1, 0.15) is 36.0 Å². The van der Waals surface area contributed by atoms with Crippen LogP contribution in [-0.4, -0.2) is 41.3 Å². The minimum Gasteiger partial charge on any atom is -0.477 e. The summed E-state index contributed by atoms with van der Waals surface area (Å²) in [7, 11) is 0. The van der Waals surface area contributed by atoms with Crippen molar-refractivity contribution in [2.24, 2.45) is 0 Å². The number of benzene rings is 1. The van der Waals surface area contributed by atoms with Gasteiger partial charge in [0.15, 0.2) is 5.82 Å². The number of aromatic carboxylic acids is 1. The zero-order valence-corrected chi connectivity index (χ0v) is 15.7. The van der Waals surface area contributed by atoms with E-state index in [9.17, 15) is 19.1 Å². The molecule has 1 fully saturated rings. The number of anilines is 1. The SMILES string of the molecule is CCC1Sc2c(C(=O)O)c(=O)c3cc(F)c(N4CCNC(C)C4)c(F)c3n21. The molecule has 2 N–H and O–H groups in total.